The van der Waals surface area contributed by atoms with E-state index in [1.54, 1.807) is 0 Å². The minimum Gasteiger partial charge on any atom is -0.387 e. The molecule has 1 saturated heterocycles. The van der Waals surface area contributed by atoms with Crippen LogP contribution in [0.1, 0.15) is 0 Å². The highest BCUT2D eigenvalue weighted by molar-refractivity contribution is 5.19. The van der Waals surface area contributed by atoms with Crippen molar-refractivity contribution in [2.24, 2.45) is 0 Å². The van der Waals surface area contributed by atoms with Crippen LogP contribution in [0.5, 0.6) is 0 Å². The SMILES string of the molecule is CN1CCN(CC2=CC=CNC2)CC1. The fourth-order valence-corrected chi connectivity index (χ4v) is 1.90. The van der Waals surface area contributed by atoms with Crippen LogP contribution in [0, 0.1) is 0 Å². The summed E-state index contributed by atoms with van der Waals surface area (Å²) in [5.41, 5.74) is 1.50. The minimum atomic E-state index is 1.02. The van der Waals surface area contributed by atoms with Gasteiger partial charge in [0.15, 0.2) is 0 Å². The van der Waals surface area contributed by atoms with Crippen molar-refractivity contribution in [1.29, 1.82) is 0 Å². The molecule has 0 amide bonds. The molecule has 3 nitrogen and oxygen atoms in total. The summed E-state index contributed by atoms with van der Waals surface area (Å²) >= 11 is 0. The minimum absolute atomic E-state index is 1.02. The molecule has 0 bridgehead atoms. The quantitative estimate of drug-likeness (QED) is 0.679. The summed E-state index contributed by atoms with van der Waals surface area (Å²) < 4.78 is 0. The molecule has 0 unspecified atom stereocenters. The Morgan fingerprint density at radius 2 is 2.07 bits per heavy atom. The van der Waals surface area contributed by atoms with Gasteiger partial charge in [-0.15, -0.1) is 0 Å². The van der Waals surface area contributed by atoms with E-state index in [4.69, 9.17) is 0 Å². The lowest BCUT2D eigenvalue weighted by molar-refractivity contribution is 0.163. The van der Waals surface area contributed by atoms with Crippen LogP contribution < -0.4 is 5.32 Å². The summed E-state index contributed by atoms with van der Waals surface area (Å²) in [7, 11) is 2.20. The molecule has 2 aliphatic heterocycles. The molecule has 0 atom stereocenters. The van der Waals surface area contributed by atoms with Crippen LogP contribution in [-0.2, 0) is 0 Å². The first kappa shape index (κ1) is 9.74. The first-order valence-corrected chi connectivity index (χ1v) is 5.33. The molecule has 2 rings (SSSR count). The van der Waals surface area contributed by atoms with E-state index in [2.05, 4.69) is 34.3 Å². The molecular formula is C11H19N3. The van der Waals surface area contributed by atoms with E-state index in [-0.39, 0.29) is 0 Å². The third kappa shape index (κ3) is 2.59. The van der Waals surface area contributed by atoms with E-state index in [0.717, 1.165) is 13.1 Å². The standard InChI is InChI=1S/C11H19N3/c1-13-5-7-14(8-6-13)10-11-3-2-4-12-9-11/h2-4,12H,5-10H2,1H3. The Balaban J connectivity index is 1.80. The second-order valence-corrected chi connectivity index (χ2v) is 4.14. The predicted octanol–water partition coefficient (Wildman–Crippen LogP) is 0.277. The van der Waals surface area contributed by atoms with Crippen molar-refractivity contribution in [2.75, 3.05) is 46.3 Å². The van der Waals surface area contributed by atoms with E-state index in [1.165, 1.54) is 31.8 Å². The van der Waals surface area contributed by atoms with Crippen LogP contribution in [0.3, 0.4) is 0 Å². The molecule has 1 fully saturated rings. The fraction of sp³-hybridized carbons (Fsp3) is 0.636. The molecule has 0 aromatic heterocycles. The van der Waals surface area contributed by atoms with E-state index in [9.17, 15) is 0 Å². The Morgan fingerprint density at radius 3 is 2.71 bits per heavy atom. The molecule has 0 spiro atoms. The lowest BCUT2D eigenvalue weighted by Gasteiger charge is -2.33. The van der Waals surface area contributed by atoms with E-state index in [0.29, 0.717) is 0 Å². The maximum absolute atomic E-state index is 3.25. The molecule has 0 saturated carbocycles. The fourth-order valence-electron chi connectivity index (χ4n) is 1.90. The highest BCUT2D eigenvalue weighted by Crippen LogP contribution is 2.05. The van der Waals surface area contributed by atoms with Crippen molar-refractivity contribution < 1.29 is 0 Å². The normalized spacial score (nSPS) is 24.5. The van der Waals surface area contributed by atoms with Gasteiger partial charge in [0.25, 0.3) is 0 Å². The van der Waals surface area contributed by atoms with Gasteiger partial charge >= 0.3 is 0 Å². The zero-order chi connectivity index (χ0) is 9.80. The third-order valence-corrected chi connectivity index (χ3v) is 2.90. The van der Waals surface area contributed by atoms with Crippen molar-refractivity contribution in [2.45, 2.75) is 0 Å². The van der Waals surface area contributed by atoms with Crippen LogP contribution in [0.25, 0.3) is 0 Å². The summed E-state index contributed by atoms with van der Waals surface area (Å²) in [6, 6.07) is 0. The number of rotatable bonds is 2. The van der Waals surface area contributed by atoms with Crippen molar-refractivity contribution in [3.8, 4) is 0 Å². The molecule has 0 aromatic rings. The molecule has 0 aliphatic carbocycles. The zero-order valence-electron chi connectivity index (χ0n) is 8.87. The van der Waals surface area contributed by atoms with Gasteiger partial charge in [0.05, 0.1) is 0 Å². The first-order valence-electron chi connectivity index (χ1n) is 5.33. The Hall–Kier alpha value is -0.800. The number of hydrogen-bond donors (Lipinski definition) is 1. The molecular weight excluding hydrogens is 174 g/mol. The van der Waals surface area contributed by atoms with Crippen LogP contribution in [0.15, 0.2) is 23.9 Å². The van der Waals surface area contributed by atoms with Gasteiger partial charge in [-0.2, -0.15) is 0 Å². The highest BCUT2D eigenvalue weighted by Gasteiger charge is 2.14. The van der Waals surface area contributed by atoms with Crippen molar-refractivity contribution in [3.63, 3.8) is 0 Å². The number of dihydropyridines is 1. The van der Waals surface area contributed by atoms with E-state index in [1.807, 2.05) is 6.20 Å². The van der Waals surface area contributed by atoms with Gasteiger partial charge < -0.3 is 10.2 Å². The maximum atomic E-state index is 3.25. The molecule has 2 aliphatic rings. The summed E-state index contributed by atoms with van der Waals surface area (Å²) in [6.45, 7) is 6.97. The van der Waals surface area contributed by atoms with Crippen molar-refractivity contribution in [1.82, 2.24) is 15.1 Å². The highest BCUT2D eigenvalue weighted by atomic mass is 15.2. The lowest BCUT2D eigenvalue weighted by atomic mass is 10.2. The number of likely N-dealkylation sites (N-methyl/N-ethyl adjacent to an activating group) is 1. The Bertz CT molecular complexity index is 237. The topological polar surface area (TPSA) is 18.5 Å². The van der Waals surface area contributed by atoms with Crippen LogP contribution >= 0.6 is 0 Å². The Kier molecular flexibility index (Phi) is 3.22. The Morgan fingerprint density at radius 1 is 1.29 bits per heavy atom. The monoisotopic (exact) mass is 193 g/mol. The number of nitrogens with zero attached hydrogens (tertiary/aromatic N) is 2. The van der Waals surface area contributed by atoms with E-state index >= 15 is 0 Å². The molecule has 78 valence electrons. The lowest BCUT2D eigenvalue weighted by Crippen LogP contribution is -2.45. The smallest absolute Gasteiger partial charge is 0.0370 e. The van der Waals surface area contributed by atoms with Gasteiger partial charge in [0, 0.05) is 39.3 Å². The van der Waals surface area contributed by atoms with Gasteiger partial charge in [-0.25, -0.2) is 0 Å². The molecule has 2 heterocycles. The zero-order valence-corrected chi connectivity index (χ0v) is 8.87. The maximum Gasteiger partial charge on any atom is 0.0370 e. The van der Waals surface area contributed by atoms with Crippen LogP contribution in [-0.4, -0.2) is 56.1 Å². The largest absolute Gasteiger partial charge is 0.387 e. The third-order valence-electron chi connectivity index (χ3n) is 2.90. The molecule has 1 N–H and O–H groups in total. The van der Waals surface area contributed by atoms with Gasteiger partial charge in [-0.1, -0.05) is 6.08 Å². The summed E-state index contributed by atoms with van der Waals surface area (Å²) in [5, 5.41) is 3.25. The van der Waals surface area contributed by atoms with Gasteiger partial charge in [-0.05, 0) is 24.9 Å². The number of hydrogen-bond acceptors (Lipinski definition) is 3. The predicted molar refractivity (Wildman–Crippen MR) is 59.2 cm³/mol. The van der Waals surface area contributed by atoms with Gasteiger partial charge in [-0.3, -0.25) is 4.90 Å². The number of piperazine rings is 1. The summed E-state index contributed by atoms with van der Waals surface area (Å²) in [6.07, 6.45) is 6.33. The number of nitrogens with one attached hydrogen (secondary N) is 1. The average molecular weight is 193 g/mol. The second kappa shape index (κ2) is 4.62. The summed E-state index contributed by atoms with van der Waals surface area (Å²) in [5.74, 6) is 0. The number of allylic oxidation sites excluding steroid dienone is 2. The molecule has 14 heavy (non-hydrogen) atoms. The first-order chi connectivity index (χ1) is 6.84. The second-order valence-electron chi connectivity index (χ2n) is 4.14. The molecule has 3 heteroatoms. The van der Waals surface area contributed by atoms with Gasteiger partial charge in [0.2, 0.25) is 0 Å². The van der Waals surface area contributed by atoms with Crippen LogP contribution in [0.2, 0.25) is 0 Å². The van der Waals surface area contributed by atoms with Crippen LogP contribution in [0.4, 0.5) is 0 Å². The molecule has 0 aromatic carbocycles. The molecule has 0 radical (unpaired) electrons. The van der Waals surface area contributed by atoms with Crippen molar-refractivity contribution in [3.05, 3.63) is 23.9 Å². The average Bonchev–Trinajstić information content (AvgIpc) is 2.23. The van der Waals surface area contributed by atoms with Crippen molar-refractivity contribution >= 4 is 0 Å². The van der Waals surface area contributed by atoms with Gasteiger partial charge in [0.1, 0.15) is 0 Å². The van der Waals surface area contributed by atoms with E-state index < -0.39 is 0 Å². The Labute approximate surface area is 86.1 Å². The summed E-state index contributed by atoms with van der Waals surface area (Å²) in [4.78, 5) is 4.93.